The third kappa shape index (κ3) is 4.45. The van der Waals surface area contributed by atoms with E-state index in [9.17, 15) is 4.79 Å². The summed E-state index contributed by atoms with van der Waals surface area (Å²) in [7, 11) is 0. The molecule has 1 N–H and O–H groups in total. The van der Waals surface area contributed by atoms with Crippen molar-refractivity contribution in [1.82, 2.24) is 5.16 Å². The number of nitrogens with zero attached hydrogens (tertiary/aromatic N) is 1. The first-order chi connectivity index (χ1) is 14.0. The van der Waals surface area contributed by atoms with E-state index in [0.29, 0.717) is 28.1 Å². The van der Waals surface area contributed by atoms with Crippen molar-refractivity contribution in [1.29, 1.82) is 0 Å². The quantitative estimate of drug-likeness (QED) is 0.424. The molecule has 1 saturated carbocycles. The number of carbonyl (C=O) groups excluding carboxylic acids is 1. The van der Waals surface area contributed by atoms with Crippen LogP contribution in [0.2, 0.25) is 5.02 Å². The van der Waals surface area contributed by atoms with E-state index in [1.54, 1.807) is 12.1 Å². The van der Waals surface area contributed by atoms with Crippen molar-refractivity contribution in [2.45, 2.75) is 36.4 Å². The van der Waals surface area contributed by atoms with Crippen molar-refractivity contribution < 1.29 is 9.32 Å². The van der Waals surface area contributed by atoms with E-state index in [1.165, 1.54) is 31.2 Å². The van der Waals surface area contributed by atoms with Crippen LogP contribution < -0.4 is 5.32 Å². The number of hydrogen-bond donors (Lipinski definition) is 1. The molecule has 2 aromatic carbocycles. The van der Waals surface area contributed by atoms with Crippen LogP contribution in [-0.2, 0) is 4.79 Å². The first kappa shape index (κ1) is 20.3. The Kier molecular flexibility index (Phi) is 6.14. The number of hydrogen-bond acceptors (Lipinski definition) is 3. The minimum absolute atomic E-state index is 0.485. The largest absolute Gasteiger partial charge is 0.356 e. The summed E-state index contributed by atoms with van der Waals surface area (Å²) in [5.41, 5.74) is 4.22. The van der Waals surface area contributed by atoms with Gasteiger partial charge in [0.15, 0.2) is 10.6 Å². The Morgan fingerprint density at radius 3 is 2.62 bits per heavy atom. The van der Waals surface area contributed by atoms with E-state index in [1.807, 2.05) is 30.3 Å². The molecular weight excluding hydrogens is 431 g/mol. The van der Waals surface area contributed by atoms with Crippen LogP contribution in [0.3, 0.4) is 0 Å². The Hall–Kier alpha value is -2.01. The molecule has 3 aromatic rings. The zero-order chi connectivity index (χ0) is 20.4. The van der Waals surface area contributed by atoms with Gasteiger partial charge in [0.1, 0.15) is 5.69 Å². The smallest absolute Gasteiger partial charge is 0.257 e. The van der Waals surface area contributed by atoms with Crippen molar-refractivity contribution in [2.24, 2.45) is 0 Å². The summed E-state index contributed by atoms with van der Waals surface area (Å²) in [6.45, 7) is 0. The first-order valence-electron chi connectivity index (χ1n) is 9.48. The Balaban J connectivity index is 1.66. The fourth-order valence-electron chi connectivity index (χ4n) is 3.86. The van der Waals surface area contributed by atoms with E-state index < -0.39 is 10.7 Å². The van der Waals surface area contributed by atoms with Crippen LogP contribution in [0.4, 0.5) is 5.69 Å². The summed E-state index contributed by atoms with van der Waals surface area (Å²) in [5, 5.41) is 7.62. The maximum Gasteiger partial charge on any atom is 0.257 e. The Bertz CT molecular complexity index is 1030. The minimum Gasteiger partial charge on any atom is -0.356 e. The number of alkyl halides is 2. The molecule has 0 aliphatic heterocycles. The zero-order valence-electron chi connectivity index (χ0n) is 15.5. The number of anilines is 1. The Morgan fingerprint density at radius 1 is 1.10 bits per heavy atom. The Morgan fingerprint density at radius 2 is 1.86 bits per heavy atom. The lowest BCUT2D eigenvalue weighted by molar-refractivity contribution is -0.114. The minimum atomic E-state index is -1.13. The van der Waals surface area contributed by atoms with Gasteiger partial charge in [0, 0.05) is 22.9 Å². The molecule has 1 heterocycles. The standard InChI is InChI=1S/C22H19Cl3N2O2/c23-17-10-4-9-16(13-5-1-2-6-13)20(17)18-12-19(29-27-18)14-7-3-8-15(11-14)26-22(28)21(24)25/h3-4,7-13,21H,1-2,5-6H2,(H,26,28). The monoisotopic (exact) mass is 448 g/mol. The van der Waals surface area contributed by atoms with E-state index in [-0.39, 0.29) is 0 Å². The topological polar surface area (TPSA) is 55.1 Å². The van der Waals surface area contributed by atoms with Gasteiger partial charge in [-0.2, -0.15) is 0 Å². The number of rotatable bonds is 5. The third-order valence-corrected chi connectivity index (χ3v) is 5.93. The summed E-state index contributed by atoms with van der Waals surface area (Å²) in [4.78, 5) is 10.6. The zero-order valence-corrected chi connectivity index (χ0v) is 17.8. The van der Waals surface area contributed by atoms with Crippen molar-refractivity contribution in [3.63, 3.8) is 0 Å². The molecule has 29 heavy (non-hydrogen) atoms. The SMILES string of the molecule is O=C(Nc1cccc(-c2cc(-c3c(Cl)cccc3C3CCCC3)no2)c1)C(Cl)Cl. The molecule has 0 atom stereocenters. The fraction of sp³-hybridized carbons (Fsp3) is 0.273. The van der Waals surface area contributed by atoms with Crippen LogP contribution in [-0.4, -0.2) is 15.9 Å². The lowest BCUT2D eigenvalue weighted by Crippen LogP contribution is -2.18. The molecule has 0 radical (unpaired) electrons. The number of nitrogens with one attached hydrogen (secondary N) is 1. The number of carbonyl (C=O) groups is 1. The molecule has 7 heteroatoms. The molecule has 1 aliphatic carbocycles. The molecule has 1 aliphatic rings. The van der Waals surface area contributed by atoms with Gasteiger partial charge in [-0.3, -0.25) is 4.79 Å². The van der Waals surface area contributed by atoms with Gasteiger partial charge >= 0.3 is 0 Å². The maximum absolute atomic E-state index is 11.7. The molecule has 1 amide bonds. The summed E-state index contributed by atoms with van der Waals surface area (Å²) in [6.07, 6.45) is 4.82. The second-order valence-corrected chi connectivity index (χ2v) is 8.64. The normalized spacial score (nSPS) is 14.5. The molecule has 1 fully saturated rings. The summed E-state index contributed by atoms with van der Waals surface area (Å²) in [5.74, 6) is 0.601. The summed E-state index contributed by atoms with van der Waals surface area (Å²) in [6, 6.07) is 15.1. The molecular formula is C22H19Cl3N2O2. The summed E-state index contributed by atoms with van der Waals surface area (Å²) >= 11 is 17.8. The van der Waals surface area contributed by atoms with Crippen LogP contribution in [0.15, 0.2) is 53.1 Å². The highest BCUT2D eigenvalue weighted by Crippen LogP contribution is 2.42. The van der Waals surface area contributed by atoms with Crippen LogP contribution in [0.1, 0.15) is 37.2 Å². The summed E-state index contributed by atoms with van der Waals surface area (Å²) < 4.78 is 5.61. The molecule has 1 aromatic heterocycles. The van der Waals surface area contributed by atoms with Gasteiger partial charge in [-0.1, -0.05) is 77.1 Å². The molecule has 0 spiro atoms. The van der Waals surface area contributed by atoms with Crippen molar-refractivity contribution in [3.05, 3.63) is 59.1 Å². The van der Waals surface area contributed by atoms with Gasteiger partial charge in [-0.05, 0) is 42.5 Å². The average molecular weight is 450 g/mol. The van der Waals surface area contributed by atoms with Crippen LogP contribution >= 0.6 is 34.8 Å². The molecule has 4 nitrogen and oxygen atoms in total. The molecule has 150 valence electrons. The van der Waals surface area contributed by atoms with Gasteiger partial charge in [0.25, 0.3) is 5.91 Å². The van der Waals surface area contributed by atoms with Crippen LogP contribution in [0, 0.1) is 0 Å². The van der Waals surface area contributed by atoms with E-state index in [0.717, 1.165) is 11.1 Å². The number of aromatic nitrogens is 1. The van der Waals surface area contributed by atoms with Crippen LogP contribution in [0.5, 0.6) is 0 Å². The highest BCUT2D eigenvalue weighted by atomic mass is 35.5. The fourth-order valence-corrected chi connectivity index (χ4v) is 4.25. The highest BCUT2D eigenvalue weighted by Gasteiger charge is 2.23. The first-order valence-corrected chi connectivity index (χ1v) is 10.7. The second-order valence-electron chi connectivity index (χ2n) is 7.13. The predicted molar refractivity (Wildman–Crippen MR) is 118 cm³/mol. The van der Waals surface area contributed by atoms with Crippen molar-refractivity contribution in [3.8, 4) is 22.6 Å². The van der Waals surface area contributed by atoms with Gasteiger partial charge in [-0.15, -0.1) is 0 Å². The average Bonchev–Trinajstić information content (AvgIpc) is 3.40. The van der Waals surface area contributed by atoms with E-state index >= 15 is 0 Å². The highest BCUT2D eigenvalue weighted by molar-refractivity contribution is 6.54. The number of halogens is 3. The molecule has 0 bridgehead atoms. The third-order valence-electron chi connectivity index (χ3n) is 5.22. The number of amides is 1. The van der Waals surface area contributed by atoms with Gasteiger partial charge in [0.2, 0.25) is 0 Å². The maximum atomic E-state index is 11.7. The van der Waals surface area contributed by atoms with E-state index in [2.05, 4.69) is 16.5 Å². The van der Waals surface area contributed by atoms with Gasteiger partial charge in [0.05, 0.1) is 5.02 Å². The number of benzene rings is 2. The van der Waals surface area contributed by atoms with Crippen molar-refractivity contribution in [2.75, 3.05) is 5.32 Å². The lowest BCUT2D eigenvalue weighted by Gasteiger charge is -2.15. The van der Waals surface area contributed by atoms with E-state index in [4.69, 9.17) is 39.3 Å². The Labute approximate surface area is 184 Å². The lowest BCUT2D eigenvalue weighted by atomic mass is 9.91. The molecule has 0 unspecified atom stereocenters. The predicted octanol–water partition coefficient (Wildman–Crippen LogP) is 7.06. The molecule has 4 rings (SSSR count). The van der Waals surface area contributed by atoms with Crippen molar-refractivity contribution >= 4 is 46.4 Å². The van der Waals surface area contributed by atoms with Gasteiger partial charge < -0.3 is 9.84 Å². The second kappa shape index (κ2) is 8.78. The molecule has 0 saturated heterocycles. The van der Waals surface area contributed by atoms with Crippen LogP contribution in [0.25, 0.3) is 22.6 Å². The van der Waals surface area contributed by atoms with Gasteiger partial charge in [-0.25, -0.2) is 0 Å².